The van der Waals surface area contributed by atoms with Gasteiger partial charge in [-0.3, -0.25) is 0 Å². The van der Waals surface area contributed by atoms with Crippen LogP contribution in [0.5, 0.6) is 0 Å². The summed E-state index contributed by atoms with van der Waals surface area (Å²) in [4.78, 5) is 0. The van der Waals surface area contributed by atoms with Gasteiger partial charge in [0.15, 0.2) is 0 Å². The standard InChI is InChI=1S/4BrH.2Yb/h4*1H;;/q;;;;2*+3/p-4. The summed E-state index contributed by atoms with van der Waals surface area (Å²) in [7, 11) is 0. The van der Waals surface area contributed by atoms with Crippen LogP contribution in [-0.4, -0.2) is 0 Å². The molecule has 0 heterocycles. The van der Waals surface area contributed by atoms with Gasteiger partial charge in [-0.15, -0.1) is 0 Å². The minimum atomic E-state index is 0. The monoisotopic (exact) mass is 664 g/mol. The molecule has 0 aliphatic carbocycles. The topological polar surface area (TPSA) is 0 Å². The fourth-order valence-corrected chi connectivity index (χ4v) is 0. The normalized spacial score (nSPS) is 0. The third-order valence-corrected chi connectivity index (χ3v) is 0. The molecule has 0 aromatic carbocycles. The van der Waals surface area contributed by atoms with Crippen LogP contribution in [0.25, 0.3) is 0 Å². The van der Waals surface area contributed by atoms with Gasteiger partial charge in [-0.1, -0.05) is 0 Å². The number of rotatable bonds is 0. The van der Waals surface area contributed by atoms with Gasteiger partial charge < -0.3 is 67.9 Å². The Labute approximate surface area is 157 Å². The van der Waals surface area contributed by atoms with Crippen molar-refractivity contribution >= 4 is 0 Å². The second-order valence-corrected chi connectivity index (χ2v) is 0. The average Bonchev–Trinajstić information content (AvgIpc) is 0. The van der Waals surface area contributed by atoms with Gasteiger partial charge in [-0.05, 0) is 0 Å². The molecular formula is Br4Yb2+2. The van der Waals surface area contributed by atoms with E-state index in [0.717, 1.165) is 0 Å². The molecule has 0 fully saturated rings. The van der Waals surface area contributed by atoms with Crippen molar-refractivity contribution in [1.82, 2.24) is 0 Å². The Bertz CT molecular complexity index is 5.51. The average molecular weight is 666 g/mol. The Hall–Kier alpha value is 4.96. The second kappa shape index (κ2) is 32.5. The minimum absolute atomic E-state index is 0. The van der Waals surface area contributed by atoms with Crippen LogP contribution in [0, 0.1) is 93.8 Å². The Balaban J connectivity index is 0. The molecule has 0 spiro atoms. The largest absolute Gasteiger partial charge is 3.00 e. The SMILES string of the molecule is [Br-].[Br-].[Br-].[Br-].[Yb+3].[Yb+3]. The molecule has 0 atom stereocenters. The third kappa shape index (κ3) is 23.1. The Morgan fingerprint density at radius 3 is 0.333 bits per heavy atom. The van der Waals surface area contributed by atoms with Crippen LogP contribution >= 0.6 is 0 Å². The molecular weight excluding hydrogens is 666 g/mol. The molecule has 2 radical (unpaired) electrons. The molecule has 6 heteroatoms. The zero-order valence-corrected chi connectivity index (χ0v) is 11.8. The van der Waals surface area contributed by atoms with Crippen molar-refractivity contribution in [3.8, 4) is 0 Å². The van der Waals surface area contributed by atoms with Gasteiger partial charge in [-0.2, -0.15) is 0 Å². The van der Waals surface area contributed by atoms with E-state index in [1.165, 1.54) is 0 Å². The smallest absolute Gasteiger partial charge is 1.00 e. The van der Waals surface area contributed by atoms with E-state index in [1.54, 1.807) is 0 Å². The van der Waals surface area contributed by atoms with E-state index >= 15 is 0 Å². The molecule has 0 amide bonds. The van der Waals surface area contributed by atoms with Crippen LogP contribution in [0.2, 0.25) is 0 Å². The first kappa shape index (κ1) is 44.2. The number of hydrogen-bond donors (Lipinski definition) is 0. The molecule has 0 rings (SSSR count). The molecule has 0 aliphatic rings. The molecule has 0 aliphatic heterocycles. The molecule has 0 unspecified atom stereocenters. The van der Waals surface area contributed by atoms with E-state index in [1.807, 2.05) is 0 Å². The van der Waals surface area contributed by atoms with Crippen LogP contribution in [0.1, 0.15) is 0 Å². The van der Waals surface area contributed by atoms with Crippen molar-refractivity contribution in [2.24, 2.45) is 0 Å². The van der Waals surface area contributed by atoms with Gasteiger partial charge in [0, 0.05) is 0 Å². The summed E-state index contributed by atoms with van der Waals surface area (Å²) in [5.41, 5.74) is 0. The van der Waals surface area contributed by atoms with E-state index in [-0.39, 0.29) is 162 Å². The predicted octanol–water partition coefficient (Wildman–Crippen LogP) is -12.0. The van der Waals surface area contributed by atoms with E-state index in [2.05, 4.69) is 0 Å². The third-order valence-electron chi connectivity index (χ3n) is 0. The van der Waals surface area contributed by atoms with Crippen LogP contribution in [0.3, 0.4) is 0 Å². The van der Waals surface area contributed by atoms with Crippen LogP contribution in [0.4, 0.5) is 0 Å². The summed E-state index contributed by atoms with van der Waals surface area (Å²) in [5.74, 6) is 0. The number of hydrogen-bond acceptors (Lipinski definition) is 0. The summed E-state index contributed by atoms with van der Waals surface area (Å²) in [6.45, 7) is 0. The first-order valence-electron chi connectivity index (χ1n) is 0. The van der Waals surface area contributed by atoms with E-state index < -0.39 is 0 Å². The van der Waals surface area contributed by atoms with Crippen molar-refractivity contribution < 1.29 is 162 Å². The summed E-state index contributed by atoms with van der Waals surface area (Å²) < 4.78 is 0. The Kier molecular flexibility index (Phi) is 239. The van der Waals surface area contributed by atoms with Gasteiger partial charge in [0.25, 0.3) is 0 Å². The molecule has 6 heavy (non-hydrogen) atoms. The van der Waals surface area contributed by atoms with Gasteiger partial charge in [0.1, 0.15) is 0 Å². The Morgan fingerprint density at radius 1 is 0.333 bits per heavy atom. The van der Waals surface area contributed by atoms with Crippen molar-refractivity contribution in [2.45, 2.75) is 0 Å². The van der Waals surface area contributed by atoms with Crippen LogP contribution in [-0.2, 0) is 0 Å². The number of halogens is 4. The summed E-state index contributed by atoms with van der Waals surface area (Å²) in [6, 6.07) is 0. The van der Waals surface area contributed by atoms with E-state index in [4.69, 9.17) is 0 Å². The quantitative estimate of drug-likeness (QED) is 0.242. The van der Waals surface area contributed by atoms with Crippen molar-refractivity contribution in [1.29, 1.82) is 0 Å². The molecule has 0 saturated heterocycles. The maximum absolute atomic E-state index is 0. The zero-order valence-electron chi connectivity index (χ0n) is 2.05. The maximum atomic E-state index is 0. The van der Waals surface area contributed by atoms with Gasteiger partial charge in [-0.25, -0.2) is 0 Å². The minimum Gasteiger partial charge on any atom is -1.00 e. The predicted molar refractivity (Wildman–Crippen MR) is 0 cm³/mol. The molecule has 0 aromatic rings. The molecule has 0 bridgehead atoms. The zero-order chi connectivity index (χ0) is 0. The van der Waals surface area contributed by atoms with Gasteiger partial charge in [0.05, 0.1) is 0 Å². The second-order valence-electron chi connectivity index (χ2n) is 0. The summed E-state index contributed by atoms with van der Waals surface area (Å²) in [6.07, 6.45) is 0. The van der Waals surface area contributed by atoms with Gasteiger partial charge >= 0.3 is 93.8 Å². The van der Waals surface area contributed by atoms with Crippen molar-refractivity contribution in [2.75, 3.05) is 0 Å². The first-order chi connectivity index (χ1) is 0. The van der Waals surface area contributed by atoms with Crippen LogP contribution in [0.15, 0.2) is 0 Å². The fraction of sp³-hybridized carbons (Fsp3) is 0. The first-order valence-corrected chi connectivity index (χ1v) is 0. The van der Waals surface area contributed by atoms with Gasteiger partial charge in [0.2, 0.25) is 0 Å². The van der Waals surface area contributed by atoms with E-state index in [0.29, 0.717) is 0 Å². The fourth-order valence-electron chi connectivity index (χ4n) is 0. The molecule has 0 aromatic heterocycles. The van der Waals surface area contributed by atoms with E-state index in [9.17, 15) is 0 Å². The molecule has 0 saturated carbocycles. The van der Waals surface area contributed by atoms with Crippen molar-refractivity contribution in [3.05, 3.63) is 0 Å². The summed E-state index contributed by atoms with van der Waals surface area (Å²) in [5, 5.41) is 0. The summed E-state index contributed by atoms with van der Waals surface area (Å²) >= 11 is 0. The maximum Gasteiger partial charge on any atom is 3.00 e. The molecule has 54 valence electrons. The Morgan fingerprint density at radius 2 is 0.333 bits per heavy atom. The molecule has 0 nitrogen and oxygen atoms in total. The van der Waals surface area contributed by atoms with Crippen LogP contribution < -0.4 is 67.9 Å². The molecule has 0 N–H and O–H groups in total. The van der Waals surface area contributed by atoms with Crippen molar-refractivity contribution in [3.63, 3.8) is 0 Å².